The number of thiophene rings is 1. The van der Waals surface area contributed by atoms with Crippen molar-refractivity contribution in [2.45, 2.75) is 33.1 Å². The van der Waals surface area contributed by atoms with Crippen LogP contribution in [0.5, 0.6) is 0 Å². The van der Waals surface area contributed by atoms with Gasteiger partial charge in [0, 0.05) is 15.5 Å². The largest absolute Gasteiger partial charge is 0.225 e. The Hall–Kier alpha value is -2.12. The molecule has 0 aromatic carbocycles. The lowest BCUT2D eigenvalue weighted by molar-refractivity contribution is 0.704. The van der Waals surface area contributed by atoms with Gasteiger partial charge in [-0.2, -0.15) is 0 Å². The second kappa shape index (κ2) is 6.07. The third kappa shape index (κ3) is 2.44. The van der Waals surface area contributed by atoms with E-state index >= 15 is 0 Å². The lowest BCUT2D eigenvalue weighted by Crippen LogP contribution is -2.04. The molecule has 0 bridgehead atoms. The van der Waals surface area contributed by atoms with Crippen LogP contribution in [-0.4, -0.2) is 30.2 Å². The summed E-state index contributed by atoms with van der Waals surface area (Å²) in [6, 6.07) is 0. The van der Waals surface area contributed by atoms with Gasteiger partial charge in [0.1, 0.15) is 11.2 Å². The Morgan fingerprint density at radius 2 is 2.21 bits per heavy atom. The summed E-state index contributed by atoms with van der Waals surface area (Å²) in [5.74, 6) is 1.18. The second-order valence-electron chi connectivity index (χ2n) is 5.54. The van der Waals surface area contributed by atoms with Gasteiger partial charge in [-0.05, 0) is 37.0 Å². The molecule has 0 N–H and O–H groups in total. The van der Waals surface area contributed by atoms with Gasteiger partial charge in [-0.15, -0.1) is 26.3 Å². The van der Waals surface area contributed by atoms with Crippen LogP contribution in [-0.2, 0) is 6.42 Å². The van der Waals surface area contributed by atoms with Gasteiger partial charge in [0.2, 0.25) is 5.82 Å². The molecule has 0 aliphatic heterocycles. The van der Waals surface area contributed by atoms with E-state index in [1.165, 1.54) is 15.2 Å². The van der Waals surface area contributed by atoms with Crippen molar-refractivity contribution in [1.29, 1.82) is 0 Å². The zero-order valence-electron chi connectivity index (χ0n) is 13.3. The van der Waals surface area contributed by atoms with Crippen LogP contribution in [0.15, 0.2) is 23.5 Å². The van der Waals surface area contributed by atoms with Gasteiger partial charge >= 0.3 is 0 Å². The van der Waals surface area contributed by atoms with Crippen molar-refractivity contribution in [1.82, 2.24) is 30.2 Å². The first-order chi connectivity index (χ1) is 11.7. The Morgan fingerprint density at radius 3 is 3.00 bits per heavy atom. The van der Waals surface area contributed by atoms with E-state index in [1.54, 1.807) is 17.7 Å². The highest BCUT2D eigenvalue weighted by Crippen LogP contribution is 2.33. The van der Waals surface area contributed by atoms with E-state index in [0.29, 0.717) is 11.6 Å². The number of nitrogens with zero attached hydrogens (tertiary/aromatic N) is 6. The first-order valence-electron chi connectivity index (χ1n) is 7.78. The highest BCUT2D eigenvalue weighted by atomic mass is 35.5. The highest BCUT2D eigenvalue weighted by molar-refractivity contribution is 7.18. The standard InChI is InChI=1S/C16H15ClN6S/c1-3-12-9(2)13-15(18-8-19-16(13)24-12)23-21-14(20-22-23)10-6-4-5-7-11(10)17/h4,6,8H,3,5,7H2,1-2H3. The van der Waals surface area contributed by atoms with Crippen LogP contribution in [0.1, 0.15) is 36.0 Å². The summed E-state index contributed by atoms with van der Waals surface area (Å²) in [7, 11) is 0. The fourth-order valence-electron chi connectivity index (χ4n) is 2.83. The molecule has 0 spiro atoms. The van der Waals surface area contributed by atoms with Gasteiger partial charge in [-0.25, -0.2) is 9.97 Å². The van der Waals surface area contributed by atoms with Crippen molar-refractivity contribution in [3.8, 4) is 5.82 Å². The van der Waals surface area contributed by atoms with E-state index in [9.17, 15) is 0 Å². The Labute approximate surface area is 147 Å². The Bertz CT molecular complexity index is 984. The van der Waals surface area contributed by atoms with Crippen molar-refractivity contribution in [2.75, 3.05) is 0 Å². The lowest BCUT2D eigenvalue weighted by Gasteiger charge is -2.06. The van der Waals surface area contributed by atoms with E-state index in [2.05, 4.69) is 45.3 Å². The van der Waals surface area contributed by atoms with Gasteiger partial charge < -0.3 is 0 Å². The van der Waals surface area contributed by atoms with Gasteiger partial charge in [-0.3, -0.25) is 0 Å². The van der Waals surface area contributed by atoms with Crippen molar-refractivity contribution < 1.29 is 0 Å². The number of tetrazole rings is 1. The minimum Gasteiger partial charge on any atom is -0.225 e. The summed E-state index contributed by atoms with van der Waals surface area (Å²) in [6.07, 6.45) is 8.29. The molecule has 0 saturated heterocycles. The maximum absolute atomic E-state index is 6.30. The fraction of sp³-hybridized carbons (Fsp3) is 0.312. The van der Waals surface area contributed by atoms with Gasteiger partial charge in [-0.1, -0.05) is 30.7 Å². The SMILES string of the molecule is CCc1sc2ncnc(-n3nnc(C4=C(Cl)CCC=C4)n3)c2c1C. The number of allylic oxidation sites excluding steroid dienone is 4. The summed E-state index contributed by atoms with van der Waals surface area (Å²) < 4.78 is 0. The number of aromatic nitrogens is 6. The number of hydrogen-bond donors (Lipinski definition) is 0. The average Bonchev–Trinajstić information content (AvgIpc) is 3.20. The third-order valence-electron chi connectivity index (χ3n) is 4.08. The molecule has 3 aromatic heterocycles. The molecule has 3 heterocycles. The zero-order chi connectivity index (χ0) is 16.7. The van der Waals surface area contributed by atoms with Crippen LogP contribution in [0.4, 0.5) is 0 Å². The number of fused-ring (bicyclic) bond motifs is 1. The van der Waals surface area contributed by atoms with E-state index < -0.39 is 0 Å². The van der Waals surface area contributed by atoms with Crippen LogP contribution in [0.25, 0.3) is 21.6 Å². The topological polar surface area (TPSA) is 69.4 Å². The minimum absolute atomic E-state index is 0.520. The van der Waals surface area contributed by atoms with Crippen LogP contribution >= 0.6 is 22.9 Å². The van der Waals surface area contributed by atoms with Gasteiger partial charge in [0.25, 0.3) is 0 Å². The van der Waals surface area contributed by atoms with Crippen LogP contribution in [0.3, 0.4) is 0 Å². The van der Waals surface area contributed by atoms with Crippen LogP contribution < -0.4 is 0 Å². The highest BCUT2D eigenvalue weighted by Gasteiger charge is 2.19. The lowest BCUT2D eigenvalue weighted by atomic mass is 10.1. The van der Waals surface area contributed by atoms with Crippen molar-refractivity contribution in [2.24, 2.45) is 0 Å². The first kappa shape index (κ1) is 15.4. The molecule has 122 valence electrons. The summed E-state index contributed by atoms with van der Waals surface area (Å²) in [4.78, 5) is 12.5. The Balaban J connectivity index is 1.85. The number of hydrogen-bond acceptors (Lipinski definition) is 6. The van der Waals surface area contributed by atoms with Crippen LogP contribution in [0, 0.1) is 6.92 Å². The van der Waals surface area contributed by atoms with Gasteiger partial charge in [0.05, 0.1) is 5.39 Å². The van der Waals surface area contributed by atoms with E-state index in [1.807, 2.05) is 6.08 Å². The molecule has 8 heteroatoms. The molecule has 3 aromatic rings. The van der Waals surface area contributed by atoms with E-state index in [-0.39, 0.29) is 0 Å². The Kier molecular flexibility index (Phi) is 3.90. The molecule has 1 aliphatic carbocycles. The van der Waals surface area contributed by atoms with E-state index in [4.69, 9.17) is 11.6 Å². The van der Waals surface area contributed by atoms with Gasteiger partial charge in [0.15, 0.2) is 5.82 Å². The molecular formula is C16H15ClN6S. The fourth-order valence-corrected chi connectivity index (χ4v) is 4.17. The molecule has 0 amide bonds. The summed E-state index contributed by atoms with van der Waals surface area (Å²) in [5, 5.41) is 14.6. The van der Waals surface area contributed by atoms with E-state index in [0.717, 1.165) is 40.1 Å². The number of rotatable bonds is 3. The maximum atomic E-state index is 6.30. The van der Waals surface area contributed by atoms with Crippen molar-refractivity contribution in [3.63, 3.8) is 0 Å². The Morgan fingerprint density at radius 1 is 1.33 bits per heavy atom. The van der Waals surface area contributed by atoms with Crippen LogP contribution in [0.2, 0.25) is 0 Å². The third-order valence-corrected chi connectivity index (χ3v) is 5.81. The quantitative estimate of drug-likeness (QED) is 0.711. The molecule has 0 radical (unpaired) electrons. The van der Waals surface area contributed by atoms with Crippen molar-refractivity contribution in [3.05, 3.63) is 39.8 Å². The first-order valence-corrected chi connectivity index (χ1v) is 8.97. The molecule has 0 atom stereocenters. The average molecular weight is 359 g/mol. The summed E-state index contributed by atoms with van der Waals surface area (Å²) >= 11 is 7.99. The molecule has 0 fully saturated rings. The predicted molar refractivity (Wildman–Crippen MR) is 95.4 cm³/mol. The molecule has 6 nitrogen and oxygen atoms in total. The van der Waals surface area contributed by atoms with Crippen molar-refractivity contribution >= 4 is 38.7 Å². The molecule has 1 aliphatic rings. The predicted octanol–water partition coefficient (Wildman–Crippen LogP) is 3.84. The summed E-state index contributed by atoms with van der Waals surface area (Å²) in [5.41, 5.74) is 2.01. The molecule has 0 saturated carbocycles. The molecule has 4 rings (SSSR count). The molecule has 24 heavy (non-hydrogen) atoms. The molecule has 0 unspecified atom stereocenters. The minimum atomic E-state index is 0.520. The maximum Gasteiger partial charge on any atom is 0.206 e. The zero-order valence-corrected chi connectivity index (χ0v) is 14.9. The smallest absolute Gasteiger partial charge is 0.206 e. The molecular weight excluding hydrogens is 344 g/mol. The number of aryl methyl sites for hydroxylation is 2. The number of halogens is 1. The summed E-state index contributed by atoms with van der Waals surface area (Å²) in [6.45, 7) is 4.23. The second-order valence-corrected chi connectivity index (χ2v) is 7.08. The monoisotopic (exact) mass is 358 g/mol. The normalized spacial score (nSPS) is 14.8.